The molecule has 0 fully saturated rings. The molecule has 0 saturated carbocycles. The van der Waals surface area contributed by atoms with Crippen LogP contribution in [0.4, 0.5) is 0 Å². The maximum Gasteiger partial charge on any atom is 0.310 e. The topological polar surface area (TPSA) is 98.1 Å². The number of thioether (sulfide) groups is 1. The second kappa shape index (κ2) is 7.45. The van der Waals surface area contributed by atoms with Crippen molar-refractivity contribution in [3.63, 3.8) is 0 Å². The van der Waals surface area contributed by atoms with Gasteiger partial charge in [0.25, 0.3) is 11.1 Å². The fourth-order valence-electron chi connectivity index (χ4n) is 2.52. The van der Waals surface area contributed by atoms with E-state index in [1.807, 2.05) is 30.5 Å². The molecule has 7 nitrogen and oxygen atoms in total. The molecular weight excluding hydrogens is 386 g/mol. The second-order valence-corrected chi connectivity index (χ2v) is 8.36. The number of rotatable bonds is 7. The second-order valence-electron chi connectivity index (χ2n) is 5.63. The Bertz CT molecular complexity index is 1150. The predicted octanol–water partition coefficient (Wildman–Crippen LogP) is 3.72. The molecule has 27 heavy (non-hydrogen) atoms. The number of nitrogens with zero attached hydrogens (tertiary/aromatic N) is 2. The zero-order valence-electron chi connectivity index (χ0n) is 14.0. The largest absolute Gasteiger partial charge is 0.411 e. The number of nitrogens with one attached hydrogen (secondary N) is 1. The fraction of sp³-hybridized carbons (Fsp3) is 0.111. The van der Waals surface area contributed by atoms with Crippen molar-refractivity contribution in [2.75, 3.05) is 11.5 Å². The molecule has 0 aliphatic heterocycles. The third-order valence-corrected chi connectivity index (χ3v) is 5.98. The van der Waals surface area contributed by atoms with Gasteiger partial charge in [0.05, 0.1) is 11.3 Å². The molecule has 0 aliphatic carbocycles. The van der Waals surface area contributed by atoms with Gasteiger partial charge in [0.15, 0.2) is 0 Å². The zero-order chi connectivity index (χ0) is 18.7. The number of para-hydroxylation sites is 2. The Balaban J connectivity index is 1.39. The molecule has 0 bridgehead atoms. The molecule has 0 spiro atoms. The van der Waals surface area contributed by atoms with Crippen molar-refractivity contribution in [1.82, 2.24) is 15.2 Å². The summed E-state index contributed by atoms with van der Waals surface area (Å²) < 4.78 is 34.7. The van der Waals surface area contributed by atoms with Crippen molar-refractivity contribution in [3.8, 4) is 17.2 Å². The Labute approximate surface area is 159 Å². The highest BCUT2D eigenvalue weighted by atomic mass is 32.2. The molecule has 0 radical (unpaired) electrons. The summed E-state index contributed by atoms with van der Waals surface area (Å²) in [6.45, 7) is 0. The van der Waals surface area contributed by atoms with E-state index in [1.165, 1.54) is 11.8 Å². The number of hydrogen-bond acceptors (Lipinski definition) is 7. The molecule has 0 atom stereocenters. The van der Waals surface area contributed by atoms with Gasteiger partial charge < -0.3 is 13.6 Å². The Morgan fingerprint density at radius 3 is 2.67 bits per heavy atom. The summed E-state index contributed by atoms with van der Waals surface area (Å²) >= 11 is 1.17. The minimum atomic E-state index is -3.69. The van der Waals surface area contributed by atoms with Crippen LogP contribution in [0.2, 0.25) is 0 Å². The number of fused-ring (bicyclic) bond motifs is 1. The SMILES string of the molecule is O=S(=O)(CCSc1nnc(-c2c[nH]c3ccccc23)o1)Oc1ccccc1. The number of H-pyrrole nitrogens is 1. The van der Waals surface area contributed by atoms with Gasteiger partial charge in [-0.2, -0.15) is 8.42 Å². The molecule has 0 aliphatic rings. The van der Waals surface area contributed by atoms with Crippen molar-refractivity contribution >= 4 is 32.8 Å². The normalized spacial score (nSPS) is 11.7. The van der Waals surface area contributed by atoms with Crippen molar-refractivity contribution in [3.05, 3.63) is 60.8 Å². The van der Waals surface area contributed by atoms with E-state index in [2.05, 4.69) is 15.2 Å². The molecule has 2 aromatic heterocycles. The fourth-order valence-corrected chi connectivity index (χ4v) is 4.57. The van der Waals surface area contributed by atoms with Gasteiger partial charge in [-0.05, 0) is 18.2 Å². The van der Waals surface area contributed by atoms with Gasteiger partial charge in [0.2, 0.25) is 0 Å². The summed E-state index contributed by atoms with van der Waals surface area (Å²) in [5.41, 5.74) is 1.79. The smallest absolute Gasteiger partial charge is 0.310 e. The van der Waals surface area contributed by atoms with Crippen LogP contribution in [0.1, 0.15) is 0 Å². The number of benzene rings is 2. The highest BCUT2D eigenvalue weighted by Crippen LogP contribution is 2.29. The van der Waals surface area contributed by atoms with E-state index in [4.69, 9.17) is 8.60 Å². The van der Waals surface area contributed by atoms with Crippen LogP contribution in [0.15, 0.2) is 70.4 Å². The lowest BCUT2D eigenvalue weighted by Crippen LogP contribution is -2.15. The van der Waals surface area contributed by atoms with Crippen molar-refractivity contribution in [1.29, 1.82) is 0 Å². The quantitative estimate of drug-likeness (QED) is 0.372. The van der Waals surface area contributed by atoms with Crippen LogP contribution in [0.25, 0.3) is 22.4 Å². The Morgan fingerprint density at radius 1 is 1.04 bits per heavy atom. The monoisotopic (exact) mass is 401 g/mol. The van der Waals surface area contributed by atoms with E-state index in [0.29, 0.717) is 16.9 Å². The lowest BCUT2D eigenvalue weighted by molar-refractivity contribution is 0.466. The van der Waals surface area contributed by atoms with Crippen LogP contribution in [0, 0.1) is 0 Å². The zero-order valence-corrected chi connectivity index (χ0v) is 15.7. The van der Waals surface area contributed by atoms with Crippen molar-refractivity contribution < 1.29 is 17.0 Å². The standard InChI is InChI=1S/C18H15N3O4S2/c22-27(23,25-13-6-2-1-3-7-13)11-10-26-18-21-20-17(24-18)15-12-19-16-9-5-4-8-14(15)16/h1-9,12,19H,10-11H2. The minimum Gasteiger partial charge on any atom is -0.411 e. The molecule has 9 heteroatoms. The molecule has 0 amide bonds. The van der Waals surface area contributed by atoms with Gasteiger partial charge in [-0.25, -0.2) is 0 Å². The average Bonchev–Trinajstić information content (AvgIpc) is 3.28. The van der Waals surface area contributed by atoms with Gasteiger partial charge in [-0.3, -0.25) is 0 Å². The first-order chi connectivity index (χ1) is 13.1. The summed E-state index contributed by atoms with van der Waals surface area (Å²) in [6.07, 6.45) is 1.81. The highest BCUT2D eigenvalue weighted by Gasteiger charge is 2.16. The van der Waals surface area contributed by atoms with Gasteiger partial charge in [-0.15, -0.1) is 10.2 Å². The van der Waals surface area contributed by atoms with Gasteiger partial charge in [-0.1, -0.05) is 48.2 Å². The maximum absolute atomic E-state index is 12.0. The van der Waals surface area contributed by atoms with Crippen molar-refractivity contribution in [2.45, 2.75) is 5.22 Å². The molecule has 0 unspecified atom stereocenters. The Morgan fingerprint density at radius 2 is 1.81 bits per heavy atom. The molecule has 1 N–H and O–H groups in total. The van der Waals surface area contributed by atoms with E-state index in [-0.39, 0.29) is 11.5 Å². The summed E-state index contributed by atoms with van der Waals surface area (Å²) in [5.74, 6) is 0.752. The van der Waals surface area contributed by atoms with Crippen LogP contribution in [0.3, 0.4) is 0 Å². The van der Waals surface area contributed by atoms with Crippen LogP contribution in [-0.2, 0) is 10.1 Å². The van der Waals surface area contributed by atoms with E-state index in [9.17, 15) is 8.42 Å². The van der Waals surface area contributed by atoms with Crippen LogP contribution < -0.4 is 4.18 Å². The Kier molecular flexibility index (Phi) is 4.87. The van der Waals surface area contributed by atoms with E-state index in [1.54, 1.807) is 30.3 Å². The van der Waals surface area contributed by atoms with Gasteiger partial charge >= 0.3 is 10.1 Å². The first-order valence-corrected chi connectivity index (χ1v) is 10.7. The predicted molar refractivity (Wildman–Crippen MR) is 103 cm³/mol. The van der Waals surface area contributed by atoms with Crippen LogP contribution in [0.5, 0.6) is 5.75 Å². The lowest BCUT2D eigenvalue weighted by Gasteiger charge is -2.05. The highest BCUT2D eigenvalue weighted by molar-refractivity contribution is 8.00. The van der Waals surface area contributed by atoms with E-state index >= 15 is 0 Å². The molecule has 2 aromatic carbocycles. The molecule has 0 saturated heterocycles. The molecule has 4 aromatic rings. The number of aromatic nitrogens is 3. The summed E-state index contributed by atoms with van der Waals surface area (Å²) in [7, 11) is -3.69. The number of aromatic amines is 1. The molecule has 2 heterocycles. The van der Waals surface area contributed by atoms with Crippen LogP contribution in [-0.4, -0.2) is 35.1 Å². The van der Waals surface area contributed by atoms with Crippen LogP contribution >= 0.6 is 11.8 Å². The summed E-state index contributed by atoms with van der Waals surface area (Å²) in [6, 6.07) is 16.2. The first-order valence-electron chi connectivity index (χ1n) is 8.11. The molecule has 4 rings (SSSR count). The Hall–Kier alpha value is -2.78. The third-order valence-electron chi connectivity index (χ3n) is 3.75. The number of hydrogen-bond donors (Lipinski definition) is 1. The average molecular weight is 401 g/mol. The van der Waals surface area contributed by atoms with Gasteiger partial charge in [0, 0.05) is 22.9 Å². The summed E-state index contributed by atoms with van der Waals surface area (Å²) in [4.78, 5) is 3.15. The maximum atomic E-state index is 12.0. The minimum absolute atomic E-state index is 0.169. The first kappa shape index (κ1) is 17.6. The van der Waals surface area contributed by atoms with Gasteiger partial charge in [0.1, 0.15) is 5.75 Å². The van der Waals surface area contributed by atoms with E-state index in [0.717, 1.165) is 16.5 Å². The molecular formula is C18H15N3O4S2. The van der Waals surface area contributed by atoms with E-state index < -0.39 is 10.1 Å². The van der Waals surface area contributed by atoms with Crippen molar-refractivity contribution in [2.24, 2.45) is 0 Å². The lowest BCUT2D eigenvalue weighted by atomic mass is 10.2. The third kappa shape index (κ3) is 4.15. The molecule has 138 valence electrons. The summed E-state index contributed by atoms with van der Waals surface area (Å²) in [5, 5.41) is 9.33.